The van der Waals surface area contributed by atoms with Gasteiger partial charge in [0.25, 0.3) is 0 Å². The van der Waals surface area contributed by atoms with Crippen molar-refractivity contribution in [3.05, 3.63) is 29.6 Å². The minimum absolute atomic E-state index is 0.300. The highest BCUT2D eigenvalue weighted by molar-refractivity contribution is 6.39. The van der Waals surface area contributed by atoms with Crippen molar-refractivity contribution in [1.29, 1.82) is 0 Å². The van der Waals surface area contributed by atoms with Gasteiger partial charge in [-0.3, -0.25) is 14.5 Å². The number of likely N-dealkylation sites (tertiary alicyclic amines) is 1. The topological polar surface area (TPSA) is 61.4 Å². The number of aryl methyl sites for hydroxylation is 1. The van der Waals surface area contributed by atoms with Crippen LogP contribution in [0.25, 0.3) is 0 Å². The molecule has 0 radical (unpaired) electrons. The van der Waals surface area contributed by atoms with Gasteiger partial charge in [0.1, 0.15) is 5.82 Å². The summed E-state index contributed by atoms with van der Waals surface area (Å²) in [6.07, 6.45) is 2.15. The highest BCUT2D eigenvalue weighted by atomic mass is 19.1. The summed E-state index contributed by atoms with van der Waals surface area (Å²) in [5.41, 5.74) is 1.02. The lowest BCUT2D eigenvalue weighted by atomic mass is 10.2. The van der Waals surface area contributed by atoms with Crippen molar-refractivity contribution in [2.24, 2.45) is 0 Å². The first-order valence-corrected chi connectivity index (χ1v) is 7.60. The summed E-state index contributed by atoms with van der Waals surface area (Å²) in [7, 11) is 0. The van der Waals surface area contributed by atoms with E-state index in [1.165, 1.54) is 18.2 Å². The summed E-state index contributed by atoms with van der Waals surface area (Å²) in [5, 5.41) is 5.18. The van der Waals surface area contributed by atoms with E-state index >= 15 is 0 Å². The van der Waals surface area contributed by atoms with Crippen LogP contribution in [-0.4, -0.2) is 42.4 Å². The van der Waals surface area contributed by atoms with Gasteiger partial charge in [-0.2, -0.15) is 0 Å². The SMILES string of the molecule is CCN1CCC[C@H]1CNC(=O)C(=O)Nc1ccc(F)cc1C. The fraction of sp³-hybridized carbons (Fsp3) is 0.500. The zero-order valence-electron chi connectivity index (χ0n) is 13.0. The lowest BCUT2D eigenvalue weighted by Gasteiger charge is -2.22. The van der Waals surface area contributed by atoms with Gasteiger partial charge in [-0.15, -0.1) is 0 Å². The van der Waals surface area contributed by atoms with Gasteiger partial charge in [0, 0.05) is 18.3 Å². The molecule has 1 saturated heterocycles. The van der Waals surface area contributed by atoms with Gasteiger partial charge < -0.3 is 10.6 Å². The second kappa shape index (κ2) is 7.35. The van der Waals surface area contributed by atoms with Gasteiger partial charge in [0.2, 0.25) is 0 Å². The van der Waals surface area contributed by atoms with Crippen LogP contribution in [0.2, 0.25) is 0 Å². The Morgan fingerprint density at radius 1 is 1.36 bits per heavy atom. The van der Waals surface area contributed by atoms with E-state index in [2.05, 4.69) is 22.5 Å². The fourth-order valence-corrected chi connectivity index (χ4v) is 2.78. The Bertz CT molecular complexity index is 562. The van der Waals surface area contributed by atoms with E-state index in [0.717, 1.165) is 25.9 Å². The van der Waals surface area contributed by atoms with Crippen LogP contribution in [0.3, 0.4) is 0 Å². The maximum Gasteiger partial charge on any atom is 0.313 e. The molecule has 2 N–H and O–H groups in total. The summed E-state index contributed by atoms with van der Waals surface area (Å²) < 4.78 is 13.0. The molecule has 0 unspecified atom stereocenters. The predicted octanol–water partition coefficient (Wildman–Crippen LogP) is 1.67. The largest absolute Gasteiger partial charge is 0.346 e. The zero-order valence-corrected chi connectivity index (χ0v) is 13.0. The van der Waals surface area contributed by atoms with Crippen molar-refractivity contribution in [2.75, 3.05) is 25.0 Å². The minimum atomic E-state index is -0.726. The first kappa shape index (κ1) is 16.4. The van der Waals surface area contributed by atoms with Crippen LogP contribution in [-0.2, 0) is 9.59 Å². The third kappa shape index (κ3) is 4.04. The quantitative estimate of drug-likeness (QED) is 0.832. The maximum absolute atomic E-state index is 13.0. The van der Waals surface area contributed by atoms with Crippen LogP contribution < -0.4 is 10.6 Å². The number of amides is 2. The van der Waals surface area contributed by atoms with E-state index in [9.17, 15) is 14.0 Å². The number of likely N-dealkylation sites (N-methyl/N-ethyl adjacent to an activating group) is 1. The van der Waals surface area contributed by atoms with Crippen molar-refractivity contribution in [3.8, 4) is 0 Å². The summed E-state index contributed by atoms with van der Waals surface area (Å²) in [4.78, 5) is 26.0. The van der Waals surface area contributed by atoms with Gasteiger partial charge in [0.05, 0.1) is 0 Å². The number of carbonyl (C=O) groups is 2. The number of nitrogens with one attached hydrogen (secondary N) is 2. The number of carbonyl (C=O) groups excluding carboxylic acids is 2. The average Bonchev–Trinajstić information content (AvgIpc) is 2.95. The second-order valence-corrected chi connectivity index (χ2v) is 5.55. The smallest absolute Gasteiger partial charge is 0.313 e. The molecule has 1 aliphatic rings. The normalized spacial score (nSPS) is 18.2. The van der Waals surface area contributed by atoms with Crippen LogP contribution >= 0.6 is 0 Å². The van der Waals surface area contributed by atoms with Crippen molar-refractivity contribution in [1.82, 2.24) is 10.2 Å². The first-order chi connectivity index (χ1) is 10.5. The van der Waals surface area contributed by atoms with Crippen molar-refractivity contribution in [3.63, 3.8) is 0 Å². The standard InChI is InChI=1S/C16H22FN3O2/c1-3-20-8-4-5-13(20)10-18-15(21)16(22)19-14-7-6-12(17)9-11(14)2/h6-7,9,13H,3-5,8,10H2,1-2H3,(H,18,21)(H,19,22)/t13-/m0/s1. The third-order valence-electron chi connectivity index (χ3n) is 4.05. The van der Waals surface area contributed by atoms with E-state index in [0.29, 0.717) is 23.8 Å². The molecule has 0 aliphatic carbocycles. The number of anilines is 1. The Morgan fingerprint density at radius 3 is 2.82 bits per heavy atom. The monoisotopic (exact) mass is 307 g/mol. The Kier molecular flexibility index (Phi) is 5.49. The first-order valence-electron chi connectivity index (χ1n) is 7.60. The highest BCUT2D eigenvalue weighted by Gasteiger charge is 2.24. The van der Waals surface area contributed by atoms with Crippen molar-refractivity contribution >= 4 is 17.5 Å². The Balaban J connectivity index is 1.85. The van der Waals surface area contributed by atoms with E-state index in [1.54, 1.807) is 6.92 Å². The van der Waals surface area contributed by atoms with Gasteiger partial charge in [-0.1, -0.05) is 6.92 Å². The molecule has 22 heavy (non-hydrogen) atoms. The number of halogens is 1. The molecule has 0 spiro atoms. The van der Waals surface area contributed by atoms with Crippen LogP contribution in [0, 0.1) is 12.7 Å². The molecule has 5 nitrogen and oxygen atoms in total. The van der Waals surface area contributed by atoms with Gasteiger partial charge >= 0.3 is 11.8 Å². The molecule has 2 rings (SSSR count). The summed E-state index contributed by atoms with van der Waals surface area (Å²) in [6.45, 7) is 6.22. The molecule has 1 aromatic rings. The summed E-state index contributed by atoms with van der Waals surface area (Å²) in [6, 6.07) is 4.31. The molecule has 2 amide bonds. The highest BCUT2D eigenvalue weighted by Crippen LogP contribution is 2.16. The number of nitrogens with zero attached hydrogens (tertiary/aromatic N) is 1. The van der Waals surface area contributed by atoms with E-state index in [4.69, 9.17) is 0 Å². The molecule has 1 fully saturated rings. The molecule has 1 aromatic carbocycles. The van der Waals surface area contributed by atoms with E-state index < -0.39 is 11.8 Å². The summed E-state index contributed by atoms with van der Waals surface area (Å²) >= 11 is 0. The lowest BCUT2D eigenvalue weighted by molar-refractivity contribution is -0.136. The molecule has 120 valence electrons. The number of benzene rings is 1. The molecular formula is C16H22FN3O2. The molecule has 0 aromatic heterocycles. The maximum atomic E-state index is 13.0. The lowest BCUT2D eigenvalue weighted by Crippen LogP contribution is -2.43. The van der Waals surface area contributed by atoms with Crippen LogP contribution in [0.4, 0.5) is 10.1 Å². The van der Waals surface area contributed by atoms with Crippen molar-refractivity contribution < 1.29 is 14.0 Å². The molecule has 1 aliphatic heterocycles. The number of rotatable bonds is 4. The van der Waals surface area contributed by atoms with Crippen LogP contribution in [0.5, 0.6) is 0 Å². The molecule has 1 atom stereocenters. The average molecular weight is 307 g/mol. The van der Waals surface area contributed by atoms with Crippen molar-refractivity contribution in [2.45, 2.75) is 32.7 Å². The molecule has 0 saturated carbocycles. The Morgan fingerprint density at radius 2 is 2.14 bits per heavy atom. The molecular weight excluding hydrogens is 285 g/mol. The Hall–Kier alpha value is -1.95. The molecule has 6 heteroatoms. The third-order valence-corrected chi connectivity index (χ3v) is 4.05. The van der Waals surface area contributed by atoms with Gasteiger partial charge in [-0.25, -0.2) is 4.39 Å². The van der Waals surface area contributed by atoms with Crippen LogP contribution in [0.15, 0.2) is 18.2 Å². The minimum Gasteiger partial charge on any atom is -0.346 e. The Labute approximate surface area is 129 Å². The number of hydrogen-bond donors (Lipinski definition) is 2. The van der Waals surface area contributed by atoms with Gasteiger partial charge in [0.15, 0.2) is 0 Å². The van der Waals surface area contributed by atoms with Crippen LogP contribution in [0.1, 0.15) is 25.3 Å². The van der Waals surface area contributed by atoms with E-state index in [-0.39, 0.29) is 5.82 Å². The molecule has 1 heterocycles. The molecule has 0 bridgehead atoms. The van der Waals surface area contributed by atoms with E-state index in [1.807, 2.05) is 0 Å². The zero-order chi connectivity index (χ0) is 16.1. The predicted molar refractivity (Wildman–Crippen MR) is 83.0 cm³/mol. The second-order valence-electron chi connectivity index (χ2n) is 5.55. The summed E-state index contributed by atoms with van der Waals surface area (Å²) in [5.74, 6) is -1.76. The van der Waals surface area contributed by atoms with Gasteiger partial charge in [-0.05, 0) is 56.6 Å². The fourth-order valence-electron chi connectivity index (χ4n) is 2.78. The number of hydrogen-bond acceptors (Lipinski definition) is 3.